The maximum atomic E-state index is 12.2. The minimum absolute atomic E-state index is 0.0944. The first kappa shape index (κ1) is 12.4. The van der Waals surface area contributed by atoms with Crippen molar-refractivity contribution in [1.82, 2.24) is 9.13 Å². The van der Waals surface area contributed by atoms with Crippen molar-refractivity contribution in [1.29, 1.82) is 0 Å². The third-order valence-electron chi connectivity index (χ3n) is 2.60. The van der Waals surface area contributed by atoms with Crippen molar-refractivity contribution in [3.63, 3.8) is 0 Å². The Balaban J connectivity index is 2.80. The number of nitrogens with zero attached hydrogens (tertiary/aromatic N) is 2. The number of hydrogen-bond acceptors (Lipinski definition) is 3. The predicted octanol–water partition coefficient (Wildman–Crippen LogP) is 1.25. The van der Waals surface area contributed by atoms with Gasteiger partial charge in [0, 0.05) is 17.6 Å². The maximum Gasteiger partial charge on any atom is 0.337 e. The van der Waals surface area contributed by atoms with Crippen LogP contribution in [0.2, 0.25) is 5.02 Å². The van der Waals surface area contributed by atoms with Gasteiger partial charge in [0.15, 0.2) is 0 Å². The Labute approximate surface area is 108 Å². The SMILES string of the molecule is CCn1c(=O)cc(N)n(-c2cccc(Cl)c2)c1=O. The number of aromatic nitrogens is 2. The summed E-state index contributed by atoms with van der Waals surface area (Å²) in [4.78, 5) is 23.7. The summed E-state index contributed by atoms with van der Waals surface area (Å²) in [6.45, 7) is 2.01. The number of nitrogens with two attached hydrogens (primary N) is 1. The number of halogens is 1. The molecule has 0 unspecified atom stereocenters. The Morgan fingerprint density at radius 3 is 2.61 bits per heavy atom. The minimum atomic E-state index is -0.468. The fourth-order valence-electron chi connectivity index (χ4n) is 1.76. The van der Waals surface area contributed by atoms with Crippen molar-refractivity contribution in [3.8, 4) is 5.69 Å². The van der Waals surface area contributed by atoms with Crippen molar-refractivity contribution >= 4 is 17.4 Å². The summed E-state index contributed by atoms with van der Waals surface area (Å²) >= 11 is 5.88. The molecule has 0 fully saturated rings. The summed E-state index contributed by atoms with van der Waals surface area (Å²) in [5, 5.41) is 0.494. The molecule has 0 spiro atoms. The standard InChI is InChI=1S/C12H12ClN3O2/c1-2-15-11(17)7-10(14)16(12(15)18)9-5-3-4-8(13)6-9/h3-7H,2,14H2,1H3. The van der Waals surface area contributed by atoms with E-state index in [1.807, 2.05) is 0 Å². The highest BCUT2D eigenvalue weighted by molar-refractivity contribution is 6.30. The molecule has 0 saturated heterocycles. The number of benzene rings is 1. The van der Waals surface area contributed by atoms with E-state index >= 15 is 0 Å². The summed E-state index contributed by atoms with van der Waals surface area (Å²) in [5.41, 5.74) is 5.40. The van der Waals surface area contributed by atoms with E-state index in [4.69, 9.17) is 17.3 Å². The van der Waals surface area contributed by atoms with Gasteiger partial charge in [-0.15, -0.1) is 0 Å². The molecule has 2 N–H and O–H groups in total. The molecule has 18 heavy (non-hydrogen) atoms. The minimum Gasteiger partial charge on any atom is -0.385 e. The summed E-state index contributed by atoms with van der Waals surface area (Å²) in [6.07, 6.45) is 0. The molecule has 94 valence electrons. The molecule has 0 aliphatic rings. The van der Waals surface area contributed by atoms with Crippen molar-refractivity contribution in [3.05, 3.63) is 56.2 Å². The van der Waals surface area contributed by atoms with E-state index in [0.29, 0.717) is 17.3 Å². The molecular formula is C12H12ClN3O2. The van der Waals surface area contributed by atoms with Gasteiger partial charge in [-0.05, 0) is 25.1 Å². The van der Waals surface area contributed by atoms with E-state index < -0.39 is 11.2 Å². The second-order valence-corrected chi connectivity index (χ2v) is 4.19. The van der Waals surface area contributed by atoms with E-state index in [1.165, 1.54) is 10.6 Å². The highest BCUT2D eigenvalue weighted by atomic mass is 35.5. The first-order valence-corrected chi connectivity index (χ1v) is 5.80. The van der Waals surface area contributed by atoms with Gasteiger partial charge in [0.05, 0.1) is 5.69 Å². The fourth-order valence-corrected chi connectivity index (χ4v) is 1.94. The lowest BCUT2D eigenvalue weighted by Gasteiger charge is -2.11. The lowest BCUT2D eigenvalue weighted by molar-refractivity contribution is 0.650. The van der Waals surface area contributed by atoms with Crippen molar-refractivity contribution in [2.45, 2.75) is 13.5 Å². The van der Waals surface area contributed by atoms with Crippen molar-refractivity contribution < 1.29 is 0 Å². The van der Waals surface area contributed by atoms with Crippen LogP contribution in [0.5, 0.6) is 0 Å². The molecule has 1 aromatic carbocycles. The van der Waals surface area contributed by atoms with E-state index in [0.717, 1.165) is 4.57 Å². The predicted molar refractivity (Wildman–Crippen MR) is 71.4 cm³/mol. The Morgan fingerprint density at radius 1 is 1.28 bits per heavy atom. The Bertz CT molecular complexity index is 703. The van der Waals surface area contributed by atoms with Gasteiger partial charge >= 0.3 is 5.69 Å². The average molecular weight is 266 g/mol. The van der Waals surface area contributed by atoms with E-state index in [-0.39, 0.29) is 5.82 Å². The zero-order chi connectivity index (χ0) is 13.3. The van der Waals surface area contributed by atoms with E-state index in [2.05, 4.69) is 0 Å². The van der Waals surface area contributed by atoms with Crippen LogP contribution in [0.25, 0.3) is 5.69 Å². The normalized spacial score (nSPS) is 10.6. The van der Waals surface area contributed by atoms with Crippen molar-refractivity contribution in [2.24, 2.45) is 0 Å². The molecule has 2 aromatic rings. The van der Waals surface area contributed by atoms with Gasteiger partial charge in [-0.3, -0.25) is 9.36 Å². The zero-order valence-corrected chi connectivity index (χ0v) is 10.5. The molecule has 2 rings (SSSR count). The quantitative estimate of drug-likeness (QED) is 0.889. The lowest BCUT2D eigenvalue weighted by atomic mass is 10.3. The molecule has 6 heteroatoms. The molecule has 0 aliphatic heterocycles. The Morgan fingerprint density at radius 2 is 2.00 bits per heavy atom. The van der Waals surface area contributed by atoms with Gasteiger partial charge < -0.3 is 5.73 Å². The van der Waals surface area contributed by atoms with Gasteiger partial charge in [-0.2, -0.15) is 0 Å². The van der Waals surface area contributed by atoms with Crippen LogP contribution in [-0.2, 0) is 6.54 Å². The molecule has 1 heterocycles. The molecule has 0 aliphatic carbocycles. The van der Waals surface area contributed by atoms with Gasteiger partial charge in [-0.25, -0.2) is 9.36 Å². The van der Waals surface area contributed by atoms with Gasteiger partial charge in [0.1, 0.15) is 5.82 Å². The van der Waals surface area contributed by atoms with Crippen LogP contribution in [0.1, 0.15) is 6.92 Å². The number of nitrogen functional groups attached to an aromatic ring is 1. The summed E-state index contributed by atoms with van der Waals surface area (Å²) in [5.74, 6) is 0.0944. The molecule has 0 bridgehead atoms. The molecule has 0 amide bonds. The highest BCUT2D eigenvalue weighted by Gasteiger charge is 2.10. The van der Waals surface area contributed by atoms with Crippen LogP contribution in [0.4, 0.5) is 5.82 Å². The summed E-state index contributed by atoms with van der Waals surface area (Å²) < 4.78 is 2.37. The second-order valence-electron chi connectivity index (χ2n) is 3.75. The Hall–Kier alpha value is -2.01. The van der Waals surface area contributed by atoms with Crippen LogP contribution in [0, 0.1) is 0 Å². The van der Waals surface area contributed by atoms with Crippen LogP contribution in [0.15, 0.2) is 39.9 Å². The van der Waals surface area contributed by atoms with E-state index in [1.54, 1.807) is 31.2 Å². The number of rotatable bonds is 2. The topological polar surface area (TPSA) is 70.0 Å². The number of hydrogen-bond donors (Lipinski definition) is 1. The Kier molecular flexibility index (Phi) is 3.25. The zero-order valence-electron chi connectivity index (χ0n) is 9.76. The average Bonchev–Trinajstić information content (AvgIpc) is 2.28. The summed E-state index contributed by atoms with van der Waals surface area (Å²) in [6, 6.07) is 7.96. The lowest BCUT2D eigenvalue weighted by Crippen LogP contribution is -2.39. The molecule has 5 nitrogen and oxygen atoms in total. The first-order chi connectivity index (χ1) is 8.54. The molecule has 0 atom stereocenters. The van der Waals surface area contributed by atoms with Gasteiger partial charge in [-0.1, -0.05) is 17.7 Å². The fraction of sp³-hybridized carbons (Fsp3) is 0.167. The third-order valence-corrected chi connectivity index (χ3v) is 2.84. The molecule has 0 saturated carbocycles. The van der Waals surface area contributed by atoms with Crippen LogP contribution < -0.4 is 17.0 Å². The van der Waals surface area contributed by atoms with Crippen LogP contribution >= 0.6 is 11.6 Å². The third kappa shape index (κ3) is 2.04. The van der Waals surface area contributed by atoms with Crippen molar-refractivity contribution in [2.75, 3.05) is 5.73 Å². The summed E-state index contributed by atoms with van der Waals surface area (Å²) in [7, 11) is 0. The van der Waals surface area contributed by atoms with Crippen LogP contribution in [0.3, 0.4) is 0 Å². The van der Waals surface area contributed by atoms with Gasteiger partial charge in [0.25, 0.3) is 5.56 Å². The number of anilines is 1. The first-order valence-electron chi connectivity index (χ1n) is 5.43. The van der Waals surface area contributed by atoms with Crippen LogP contribution in [-0.4, -0.2) is 9.13 Å². The molecule has 1 aromatic heterocycles. The van der Waals surface area contributed by atoms with E-state index in [9.17, 15) is 9.59 Å². The molecular weight excluding hydrogens is 254 g/mol. The molecule has 0 radical (unpaired) electrons. The smallest absolute Gasteiger partial charge is 0.337 e. The monoisotopic (exact) mass is 265 g/mol. The largest absolute Gasteiger partial charge is 0.385 e. The second kappa shape index (κ2) is 4.70. The highest BCUT2D eigenvalue weighted by Crippen LogP contribution is 2.15. The maximum absolute atomic E-state index is 12.2. The van der Waals surface area contributed by atoms with Gasteiger partial charge in [0.2, 0.25) is 0 Å².